The Morgan fingerprint density at radius 1 is 1.23 bits per heavy atom. The van der Waals surface area contributed by atoms with Crippen LogP contribution in [0, 0.1) is 11.8 Å². The monoisotopic (exact) mass is 194 g/mol. The summed E-state index contributed by atoms with van der Waals surface area (Å²) in [5.41, 5.74) is -2.28. The first kappa shape index (κ1) is 10.9. The Hall–Kier alpha value is -0.210. The normalized spacial score (nSPS) is 39.5. The fourth-order valence-electron chi connectivity index (χ4n) is 2.06. The van der Waals surface area contributed by atoms with E-state index >= 15 is 0 Å². The second kappa shape index (κ2) is 3.18. The lowest BCUT2D eigenvalue weighted by molar-refractivity contribution is -0.191. The summed E-state index contributed by atoms with van der Waals surface area (Å²) in [5.74, 6) is -3.80. The molecule has 1 rings (SSSR count). The molecule has 1 saturated carbocycles. The molecular formula is C10H17F3. The van der Waals surface area contributed by atoms with E-state index in [2.05, 4.69) is 0 Å². The highest BCUT2D eigenvalue weighted by atomic mass is 19.3. The Morgan fingerprint density at radius 2 is 1.77 bits per heavy atom. The minimum Gasteiger partial charge on any atom is -0.237 e. The van der Waals surface area contributed by atoms with E-state index in [1.165, 1.54) is 13.8 Å². The van der Waals surface area contributed by atoms with Crippen molar-refractivity contribution in [3.63, 3.8) is 0 Å². The van der Waals surface area contributed by atoms with E-state index in [1.807, 2.05) is 0 Å². The van der Waals surface area contributed by atoms with E-state index in [0.29, 0.717) is 6.42 Å². The molecule has 0 nitrogen and oxygen atoms in total. The fourth-order valence-corrected chi connectivity index (χ4v) is 2.06. The van der Waals surface area contributed by atoms with Crippen LogP contribution in [-0.4, -0.2) is 11.6 Å². The van der Waals surface area contributed by atoms with E-state index in [0.717, 1.165) is 0 Å². The summed E-state index contributed by atoms with van der Waals surface area (Å²) in [5, 5.41) is 0. The average Bonchev–Trinajstić information content (AvgIpc) is 1.96. The Bertz CT molecular complexity index is 189. The van der Waals surface area contributed by atoms with Gasteiger partial charge in [0.1, 0.15) is 0 Å². The molecule has 0 heterocycles. The fraction of sp³-hybridized carbons (Fsp3) is 1.00. The summed E-state index contributed by atoms with van der Waals surface area (Å²) in [4.78, 5) is 0. The molecule has 13 heavy (non-hydrogen) atoms. The molecule has 1 fully saturated rings. The zero-order valence-corrected chi connectivity index (χ0v) is 8.41. The molecule has 0 N–H and O–H groups in total. The summed E-state index contributed by atoms with van der Waals surface area (Å²) >= 11 is 0. The van der Waals surface area contributed by atoms with Crippen molar-refractivity contribution in [1.82, 2.24) is 0 Å². The molecule has 0 aromatic heterocycles. The van der Waals surface area contributed by atoms with E-state index < -0.39 is 17.5 Å². The van der Waals surface area contributed by atoms with E-state index in [-0.39, 0.29) is 18.8 Å². The molecular weight excluding hydrogens is 177 g/mol. The smallest absolute Gasteiger partial charge is 0.237 e. The summed E-state index contributed by atoms with van der Waals surface area (Å²) in [6, 6.07) is 0. The Labute approximate surface area is 77.5 Å². The van der Waals surface area contributed by atoms with Gasteiger partial charge in [0.15, 0.2) is 5.67 Å². The van der Waals surface area contributed by atoms with Gasteiger partial charge >= 0.3 is 0 Å². The van der Waals surface area contributed by atoms with Gasteiger partial charge in [-0.05, 0) is 24.7 Å². The van der Waals surface area contributed by atoms with Crippen LogP contribution in [0.15, 0.2) is 0 Å². The van der Waals surface area contributed by atoms with Gasteiger partial charge in [-0.2, -0.15) is 0 Å². The SMILES string of the molecule is CC1CCC(F)(C(C)C)C(F)(F)C1. The summed E-state index contributed by atoms with van der Waals surface area (Å²) in [6.45, 7) is 4.82. The van der Waals surface area contributed by atoms with E-state index in [9.17, 15) is 13.2 Å². The highest BCUT2D eigenvalue weighted by Crippen LogP contribution is 2.50. The molecule has 0 amide bonds. The Kier molecular flexibility index (Phi) is 2.65. The maximum Gasteiger partial charge on any atom is 0.281 e. The highest BCUT2D eigenvalue weighted by Gasteiger charge is 2.58. The van der Waals surface area contributed by atoms with Gasteiger partial charge in [0, 0.05) is 6.42 Å². The summed E-state index contributed by atoms with van der Waals surface area (Å²) < 4.78 is 40.7. The van der Waals surface area contributed by atoms with Crippen LogP contribution in [0.3, 0.4) is 0 Å². The first-order valence-corrected chi connectivity index (χ1v) is 4.86. The second-order valence-electron chi connectivity index (χ2n) is 4.57. The highest BCUT2D eigenvalue weighted by molar-refractivity contribution is 5.00. The number of alkyl halides is 3. The molecule has 0 aromatic rings. The topological polar surface area (TPSA) is 0 Å². The molecule has 0 aliphatic heterocycles. The maximum absolute atomic E-state index is 13.9. The van der Waals surface area contributed by atoms with Crippen molar-refractivity contribution in [1.29, 1.82) is 0 Å². The first-order chi connectivity index (χ1) is 5.79. The van der Waals surface area contributed by atoms with Crippen LogP contribution < -0.4 is 0 Å². The van der Waals surface area contributed by atoms with Crippen molar-refractivity contribution in [3.05, 3.63) is 0 Å². The van der Waals surface area contributed by atoms with Crippen LogP contribution in [0.1, 0.15) is 40.0 Å². The van der Waals surface area contributed by atoms with Crippen molar-refractivity contribution in [2.24, 2.45) is 11.8 Å². The lowest BCUT2D eigenvalue weighted by atomic mass is 9.72. The molecule has 78 valence electrons. The van der Waals surface area contributed by atoms with E-state index in [4.69, 9.17) is 0 Å². The predicted molar refractivity (Wildman–Crippen MR) is 46.6 cm³/mol. The van der Waals surface area contributed by atoms with Gasteiger partial charge < -0.3 is 0 Å². The predicted octanol–water partition coefficient (Wildman–Crippen LogP) is 3.81. The van der Waals surface area contributed by atoms with Crippen molar-refractivity contribution < 1.29 is 13.2 Å². The molecule has 1 aliphatic rings. The van der Waals surface area contributed by atoms with Crippen molar-refractivity contribution >= 4 is 0 Å². The zero-order chi connectivity index (χ0) is 10.3. The maximum atomic E-state index is 13.9. The zero-order valence-electron chi connectivity index (χ0n) is 8.41. The van der Waals surface area contributed by atoms with Gasteiger partial charge in [-0.15, -0.1) is 0 Å². The van der Waals surface area contributed by atoms with Crippen LogP contribution in [0.25, 0.3) is 0 Å². The van der Waals surface area contributed by atoms with Crippen LogP contribution in [0.4, 0.5) is 13.2 Å². The number of halogens is 3. The second-order valence-corrected chi connectivity index (χ2v) is 4.57. The molecule has 3 heteroatoms. The molecule has 0 bridgehead atoms. The van der Waals surface area contributed by atoms with Gasteiger partial charge in [-0.25, -0.2) is 13.2 Å². The molecule has 0 saturated heterocycles. The van der Waals surface area contributed by atoms with Gasteiger partial charge in [0.2, 0.25) is 0 Å². The molecule has 0 spiro atoms. The van der Waals surface area contributed by atoms with Crippen molar-refractivity contribution in [2.45, 2.75) is 51.6 Å². The third-order valence-corrected chi connectivity index (χ3v) is 3.13. The van der Waals surface area contributed by atoms with Crippen molar-refractivity contribution in [3.8, 4) is 0 Å². The van der Waals surface area contributed by atoms with Crippen LogP contribution >= 0.6 is 0 Å². The lowest BCUT2D eigenvalue weighted by Crippen LogP contribution is -2.52. The van der Waals surface area contributed by atoms with Gasteiger partial charge in [0.05, 0.1) is 0 Å². The molecule has 0 radical (unpaired) electrons. The molecule has 2 unspecified atom stereocenters. The number of hydrogen-bond donors (Lipinski definition) is 0. The third kappa shape index (κ3) is 1.70. The van der Waals surface area contributed by atoms with Crippen LogP contribution in [0.5, 0.6) is 0 Å². The average molecular weight is 194 g/mol. The van der Waals surface area contributed by atoms with E-state index in [1.54, 1.807) is 6.92 Å². The molecule has 1 aliphatic carbocycles. The summed E-state index contributed by atoms with van der Waals surface area (Å²) in [7, 11) is 0. The lowest BCUT2D eigenvalue weighted by Gasteiger charge is -2.42. The first-order valence-electron chi connectivity index (χ1n) is 4.86. The Morgan fingerprint density at radius 3 is 2.15 bits per heavy atom. The number of hydrogen-bond acceptors (Lipinski definition) is 0. The van der Waals surface area contributed by atoms with Gasteiger partial charge in [-0.3, -0.25) is 0 Å². The third-order valence-electron chi connectivity index (χ3n) is 3.13. The standard InChI is InChI=1S/C10H17F3/c1-7(2)9(11)5-4-8(3)6-10(9,12)13/h7-8H,4-6H2,1-3H3. The van der Waals surface area contributed by atoms with Gasteiger partial charge in [-0.1, -0.05) is 20.8 Å². The minimum absolute atomic E-state index is 0.00116. The largest absolute Gasteiger partial charge is 0.281 e. The van der Waals surface area contributed by atoms with Crippen LogP contribution in [-0.2, 0) is 0 Å². The van der Waals surface area contributed by atoms with Gasteiger partial charge in [0.25, 0.3) is 5.92 Å². The van der Waals surface area contributed by atoms with Crippen molar-refractivity contribution in [2.75, 3.05) is 0 Å². The number of rotatable bonds is 1. The molecule has 2 atom stereocenters. The minimum atomic E-state index is -3.14. The quantitative estimate of drug-likeness (QED) is 0.595. The molecule has 0 aromatic carbocycles. The summed E-state index contributed by atoms with van der Waals surface area (Å²) in [6.07, 6.45) is 0.269. The van der Waals surface area contributed by atoms with Crippen LogP contribution in [0.2, 0.25) is 0 Å². The Balaban J connectivity index is 2.86.